The standard InChI is InChI=1S/C54H40N2/c1-53(2)45-20-10-5-15-37(45)43-31-48-44(32-47(43)53)38-26-25-33(29-46(38)54(48,3)4)34-27-35(55-49-21-11-6-16-39(49)40-17-7-12-22-50(40)55)30-36(28-34)56-51-23-13-8-18-41(51)42-19-9-14-24-52(42)56/h5-32H,1-4H3. The molecule has 10 aromatic rings. The molecule has 0 bridgehead atoms. The van der Waals surface area contributed by atoms with Gasteiger partial charge in [-0.2, -0.15) is 0 Å². The predicted octanol–water partition coefficient (Wildman–Crippen LogP) is 14.2. The molecular formula is C54H40N2. The van der Waals surface area contributed by atoms with Gasteiger partial charge in [-0.15, -0.1) is 0 Å². The normalized spacial score (nSPS) is 14.7. The molecule has 0 radical (unpaired) electrons. The molecule has 0 aliphatic heterocycles. The molecule has 0 fully saturated rings. The number of nitrogens with zero attached hydrogens (tertiary/aromatic N) is 2. The predicted molar refractivity (Wildman–Crippen MR) is 236 cm³/mol. The van der Waals surface area contributed by atoms with E-state index < -0.39 is 0 Å². The highest BCUT2D eigenvalue weighted by atomic mass is 15.0. The molecule has 2 aromatic heterocycles. The summed E-state index contributed by atoms with van der Waals surface area (Å²) in [5.74, 6) is 0. The Morgan fingerprint density at radius 1 is 0.304 bits per heavy atom. The summed E-state index contributed by atoms with van der Waals surface area (Å²) in [6.45, 7) is 9.59. The minimum Gasteiger partial charge on any atom is -0.309 e. The second-order valence-corrected chi connectivity index (χ2v) is 17.0. The number of benzene rings is 8. The molecule has 0 N–H and O–H groups in total. The van der Waals surface area contributed by atoms with Gasteiger partial charge >= 0.3 is 0 Å². The third-order valence-electron chi connectivity index (χ3n) is 13.3. The lowest BCUT2D eigenvalue weighted by atomic mass is 9.79. The zero-order valence-electron chi connectivity index (χ0n) is 32.1. The van der Waals surface area contributed by atoms with Crippen LogP contribution in [0.15, 0.2) is 170 Å². The van der Waals surface area contributed by atoms with Crippen molar-refractivity contribution in [1.29, 1.82) is 0 Å². The van der Waals surface area contributed by atoms with Crippen molar-refractivity contribution in [3.05, 3.63) is 192 Å². The van der Waals surface area contributed by atoms with Crippen LogP contribution in [0.3, 0.4) is 0 Å². The van der Waals surface area contributed by atoms with Gasteiger partial charge in [-0.1, -0.05) is 137 Å². The molecule has 2 nitrogen and oxygen atoms in total. The highest BCUT2D eigenvalue weighted by Crippen LogP contribution is 2.56. The van der Waals surface area contributed by atoms with Crippen molar-refractivity contribution in [1.82, 2.24) is 9.13 Å². The first kappa shape index (κ1) is 31.7. The largest absolute Gasteiger partial charge is 0.309 e. The van der Waals surface area contributed by atoms with Crippen LogP contribution in [0.2, 0.25) is 0 Å². The Hall–Kier alpha value is -6.64. The van der Waals surface area contributed by atoms with Gasteiger partial charge in [0.15, 0.2) is 0 Å². The van der Waals surface area contributed by atoms with Gasteiger partial charge in [0.25, 0.3) is 0 Å². The summed E-state index contributed by atoms with van der Waals surface area (Å²) in [7, 11) is 0. The molecule has 2 heteroatoms. The summed E-state index contributed by atoms with van der Waals surface area (Å²) < 4.78 is 4.92. The smallest absolute Gasteiger partial charge is 0.0541 e. The second-order valence-electron chi connectivity index (χ2n) is 17.0. The van der Waals surface area contributed by atoms with Crippen molar-refractivity contribution >= 4 is 43.6 Å². The number of para-hydroxylation sites is 4. The molecule has 0 unspecified atom stereocenters. The number of fused-ring (bicyclic) bond motifs is 12. The van der Waals surface area contributed by atoms with Gasteiger partial charge in [-0.25, -0.2) is 0 Å². The van der Waals surface area contributed by atoms with Gasteiger partial charge < -0.3 is 9.13 Å². The van der Waals surface area contributed by atoms with Gasteiger partial charge in [0.2, 0.25) is 0 Å². The number of aromatic nitrogens is 2. The van der Waals surface area contributed by atoms with Crippen molar-refractivity contribution < 1.29 is 0 Å². The van der Waals surface area contributed by atoms with Gasteiger partial charge in [0.1, 0.15) is 0 Å². The Bertz CT molecular complexity index is 3070. The van der Waals surface area contributed by atoms with Crippen LogP contribution in [0, 0.1) is 0 Å². The maximum Gasteiger partial charge on any atom is 0.0541 e. The quantitative estimate of drug-likeness (QED) is 0.172. The molecule has 56 heavy (non-hydrogen) atoms. The van der Waals surface area contributed by atoms with Gasteiger partial charge in [0.05, 0.1) is 22.1 Å². The third kappa shape index (κ3) is 4.11. The van der Waals surface area contributed by atoms with Gasteiger partial charge in [0, 0.05) is 43.7 Å². The number of hydrogen-bond acceptors (Lipinski definition) is 0. The van der Waals surface area contributed by atoms with Crippen LogP contribution < -0.4 is 0 Å². The lowest BCUT2D eigenvalue weighted by Gasteiger charge is -2.24. The fourth-order valence-electron chi connectivity index (χ4n) is 10.5. The Morgan fingerprint density at radius 2 is 0.696 bits per heavy atom. The van der Waals surface area contributed by atoms with E-state index >= 15 is 0 Å². The Balaban J connectivity index is 1.10. The average Bonchev–Trinajstić information content (AvgIpc) is 3.89. The third-order valence-corrected chi connectivity index (χ3v) is 13.3. The molecule has 8 aromatic carbocycles. The van der Waals surface area contributed by atoms with E-state index in [1.165, 1.54) is 99.2 Å². The number of hydrogen-bond donors (Lipinski definition) is 0. The average molecular weight is 717 g/mol. The van der Waals surface area contributed by atoms with Gasteiger partial charge in [-0.3, -0.25) is 0 Å². The Labute approximate surface area is 326 Å². The number of rotatable bonds is 3. The summed E-state index contributed by atoms with van der Waals surface area (Å²) in [5, 5.41) is 5.06. The first-order valence-corrected chi connectivity index (χ1v) is 19.9. The lowest BCUT2D eigenvalue weighted by molar-refractivity contribution is 0.652. The van der Waals surface area contributed by atoms with Crippen LogP contribution in [0.25, 0.3) is 88.4 Å². The molecule has 0 amide bonds. The summed E-state index contributed by atoms with van der Waals surface area (Å²) in [4.78, 5) is 0. The van der Waals surface area contributed by atoms with Crippen molar-refractivity contribution in [2.24, 2.45) is 0 Å². The van der Waals surface area contributed by atoms with Crippen molar-refractivity contribution in [2.45, 2.75) is 38.5 Å². The van der Waals surface area contributed by atoms with E-state index in [1.54, 1.807) is 0 Å². The van der Waals surface area contributed by atoms with Crippen molar-refractivity contribution in [3.8, 4) is 44.8 Å². The molecule has 2 aliphatic carbocycles. The minimum atomic E-state index is -0.155. The highest BCUT2D eigenvalue weighted by Gasteiger charge is 2.41. The zero-order chi connectivity index (χ0) is 37.5. The first-order chi connectivity index (χ1) is 27.3. The highest BCUT2D eigenvalue weighted by molar-refractivity contribution is 6.11. The molecule has 12 rings (SSSR count). The topological polar surface area (TPSA) is 9.86 Å². The SMILES string of the molecule is CC1(C)c2ccccc2-c2cc3c(cc21)-c1ccc(-c2cc(-n4c5ccccc5c5ccccc54)cc(-n4c5ccccc5c5ccccc54)c2)cc1C3(C)C. The molecule has 2 aliphatic rings. The maximum absolute atomic E-state index is 2.52. The molecule has 266 valence electrons. The van der Waals surface area contributed by atoms with Gasteiger partial charge in [-0.05, 0) is 116 Å². The molecular weight excluding hydrogens is 677 g/mol. The van der Waals surface area contributed by atoms with E-state index in [0.29, 0.717) is 0 Å². The minimum absolute atomic E-state index is 0.0374. The lowest BCUT2D eigenvalue weighted by Crippen LogP contribution is -2.17. The fraction of sp³-hybridized carbons (Fsp3) is 0.111. The maximum atomic E-state index is 2.52. The van der Waals surface area contributed by atoms with E-state index in [4.69, 9.17) is 0 Å². The van der Waals surface area contributed by atoms with Crippen LogP contribution in [0.5, 0.6) is 0 Å². The monoisotopic (exact) mass is 716 g/mol. The van der Waals surface area contributed by atoms with E-state index in [2.05, 4.69) is 207 Å². The van der Waals surface area contributed by atoms with Crippen molar-refractivity contribution in [3.63, 3.8) is 0 Å². The summed E-state index contributed by atoms with van der Waals surface area (Å²) in [6.07, 6.45) is 0. The fourth-order valence-corrected chi connectivity index (χ4v) is 10.5. The van der Waals surface area contributed by atoms with Crippen molar-refractivity contribution in [2.75, 3.05) is 0 Å². The summed E-state index contributed by atoms with van der Waals surface area (Å²) >= 11 is 0. The summed E-state index contributed by atoms with van der Waals surface area (Å²) in [5.41, 5.74) is 20.5. The van der Waals surface area contributed by atoms with Crippen LogP contribution in [-0.2, 0) is 10.8 Å². The molecule has 0 saturated carbocycles. The van der Waals surface area contributed by atoms with E-state index in [9.17, 15) is 0 Å². The van der Waals surface area contributed by atoms with Crippen LogP contribution in [0.4, 0.5) is 0 Å². The van der Waals surface area contributed by atoms with E-state index in [0.717, 1.165) is 11.4 Å². The Kier molecular flexibility index (Phi) is 6.22. The van der Waals surface area contributed by atoms with Crippen LogP contribution >= 0.6 is 0 Å². The zero-order valence-corrected chi connectivity index (χ0v) is 32.1. The molecule has 2 heterocycles. The molecule has 0 spiro atoms. The molecule has 0 saturated heterocycles. The summed E-state index contributed by atoms with van der Waals surface area (Å²) in [6, 6.07) is 63.7. The second kappa shape index (κ2) is 11.0. The van der Waals surface area contributed by atoms with Crippen LogP contribution in [-0.4, -0.2) is 9.13 Å². The van der Waals surface area contributed by atoms with Crippen LogP contribution in [0.1, 0.15) is 49.9 Å². The van der Waals surface area contributed by atoms with E-state index in [1.807, 2.05) is 0 Å². The molecule has 0 atom stereocenters. The Morgan fingerprint density at radius 3 is 1.20 bits per heavy atom. The van der Waals surface area contributed by atoms with E-state index in [-0.39, 0.29) is 10.8 Å². The first-order valence-electron chi connectivity index (χ1n) is 19.9.